The molecule has 0 unspecified atom stereocenters. The molecule has 12 nitrogen and oxygen atoms in total. The van der Waals surface area contributed by atoms with E-state index in [0.717, 1.165) is 78.8 Å². The Morgan fingerprint density at radius 2 is 1.69 bits per heavy atom. The first-order chi connectivity index (χ1) is 32.2. The highest BCUT2D eigenvalue weighted by atomic mass is 32.1. The Kier molecular flexibility index (Phi) is 17.0. The summed E-state index contributed by atoms with van der Waals surface area (Å²) in [7, 11) is 0. The van der Waals surface area contributed by atoms with E-state index < -0.39 is 41.8 Å². The number of aryl methyl sites for hydroxylation is 1. The quantitative estimate of drug-likeness (QED) is 0.0701. The topological polar surface area (TPSA) is 146 Å². The second-order valence-corrected chi connectivity index (χ2v) is 20.1. The number of carbonyl (C=O) groups excluding carboxylic acids is 3. The number of fused-ring (bicyclic) bond motifs is 2. The zero-order chi connectivity index (χ0) is 47.7. The maximum atomic E-state index is 14.0. The van der Waals surface area contributed by atoms with Crippen molar-refractivity contribution in [2.24, 2.45) is 5.41 Å². The predicted octanol–water partition coefficient (Wildman–Crippen LogP) is 8.47. The molecule has 1 aliphatic carbocycles. The molecule has 1 fully saturated rings. The largest absolute Gasteiger partial charge is 0.492 e. The lowest BCUT2D eigenvalue weighted by molar-refractivity contribution is -0.144. The van der Waals surface area contributed by atoms with Crippen LogP contribution in [0.5, 0.6) is 5.75 Å². The highest BCUT2D eigenvalue weighted by Gasteiger charge is 2.45. The summed E-state index contributed by atoms with van der Waals surface area (Å²) in [6.07, 6.45) is 5.69. The number of hydrogen-bond donors (Lipinski definition) is 3. The fourth-order valence-corrected chi connectivity index (χ4v) is 10.4. The van der Waals surface area contributed by atoms with Gasteiger partial charge in [-0.2, -0.15) is 0 Å². The van der Waals surface area contributed by atoms with Crippen LogP contribution < -0.4 is 15.4 Å². The Balaban J connectivity index is 0.779. The van der Waals surface area contributed by atoms with Gasteiger partial charge in [0.1, 0.15) is 24.4 Å². The van der Waals surface area contributed by atoms with E-state index in [2.05, 4.69) is 27.8 Å². The van der Waals surface area contributed by atoms with Gasteiger partial charge in [0, 0.05) is 32.2 Å². The Morgan fingerprint density at radius 1 is 0.955 bits per heavy atom. The number of ether oxygens (including phenoxy) is 2. The highest BCUT2D eigenvalue weighted by molar-refractivity contribution is 7.13. The average molecular weight is 941 g/mol. The van der Waals surface area contributed by atoms with Crippen LogP contribution in [0.4, 0.5) is 8.78 Å². The molecule has 360 valence electrons. The third-order valence-corrected chi connectivity index (χ3v) is 14.1. The van der Waals surface area contributed by atoms with Gasteiger partial charge in [-0.25, -0.2) is 13.8 Å². The molecule has 0 radical (unpaired) electrons. The van der Waals surface area contributed by atoms with Gasteiger partial charge in [-0.1, -0.05) is 95.0 Å². The molecule has 1 saturated heterocycles. The molecule has 3 N–H and O–H groups in total. The van der Waals surface area contributed by atoms with E-state index in [1.54, 1.807) is 17.5 Å². The summed E-state index contributed by atoms with van der Waals surface area (Å²) < 4.78 is 39.3. The highest BCUT2D eigenvalue weighted by Crippen LogP contribution is 2.48. The molecular weight excluding hydrogens is 875 g/mol. The van der Waals surface area contributed by atoms with Crippen LogP contribution in [0.2, 0.25) is 0 Å². The monoisotopic (exact) mass is 940 g/mol. The maximum Gasteiger partial charge on any atom is 0.251 e. The second-order valence-electron chi connectivity index (χ2n) is 19.3. The number of aromatic nitrogens is 2. The second kappa shape index (κ2) is 22.8. The summed E-state index contributed by atoms with van der Waals surface area (Å²) in [6.45, 7) is 10.3. The molecule has 5 atom stereocenters. The SMILES string of the molecule is Cc1ncsc1-c1ccc(CNC(=O)[C@@H]2C[C@@H](O)CN2C(=O)[C@@H](NC(=O)COCCCCCCCCOc2ccc([C@@H]3C4=C(C[C@@H](C)N3CC(F)F)c3ccccc3C4)nc2)C(C)(C)C)cc1. The number of carbonyl (C=O) groups is 3. The molecule has 7 rings (SSSR count). The predicted molar refractivity (Wildman–Crippen MR) is 256 cm³/mol. The van der Waals surface area contributed by atoms with Gasteiger partial charge in [-0.3, -0.25) is 24.3 Å². The van der Waals surface area contributed by atoms with Crippen molar-refractivity contribution in [2.75, 3.05) is 32.9 Å². The summed E-state index contributed by atoms with van der Waals surface area (Å²) in [5, 5.41) is 16.3. The third-order valence-electron chi connectivity index (χ3n) is 13.1. The first kappa shape index (κ1) is 49.8. The van der Waals surface area contributed by atoms with E-state index in [4.69, 9.17) is 14.5 Å². The first-order valence-corrected chi connectivity index (χ1v) is 24.6. The van der Waals surface area contributed by atoms with Gasteiger partial charge in [0.05, 0.1) is 53.3 Å². The summed E-state index contributed by atoms with van der Waals surface area (Å²) in [4.78, 5) is 53.9. The lowest BCUT2D eigenvalue weighted by Gasteiger charge is -2.41. The number of hydrogen-bond acceptors (Lipinski definition) is 10. The molecule has 2 aromatic heterocycles. The number of halogens is 2. The molecular formula is C52H66F2N6O6S. The van der Waals surface area contributed by atoms with Crippen LogP contribution in [-0.4, -0.2) is 106 Å². The lowest BCUT2D eigenvalue weighted by Crippen LogP contribution is -2.58. The number of rotatable bonds is 21. The van der Waals surface area contributed by atoms with Gasteiger partial charge >= 0.3 is 0 Å². The minimum absolute atomic E-state index is 0.000797. The van der Waals surface area contributed by atoms with Crippen molar-refractivity contribution in [3.05, 3.63) is 106 Å². The molecule has 67 heavy (non-hydrogen) atoms. The Morgan fingerprint density at radius 3 is 2.37 bits per heavy atom. The lowest BCUT2D eigenvalue weighted by atomic mass is 9.85. The molecule has 3 aliphatic rings. The van der Waals surface area contributed by atoms with Crippen LogP contribution in [0.25, 0.3) is 16.0 Å². The molecule has 15 heteroatoms. The fourth-order valence-electron chi connectivity index (χ4n) is 9.61. The van der Waals surface area contributed by atoms with Crippen LogP contribution in [0, 0.1) is 12.3 Å². The van der Waals surface area contributed by atoms with E-state index in [0.29, 0.717) is 19.0 Å². The molecule has 0 bridgehead atoms. The van der Waals surface area contributed by atoms with Crippen molar-refractivity contribution in [1.29, 1.82) is 0 Å². The van der Waals surface area contributed by atoms with Crippen LogP contribution in [0.3, 0.4) is 0 Å². The third kappa shape index (κ3) is 12.7. The standard InChI is InChI=1S/C52H66F2N6O6S/c1-33-24-41-40-15-11-10-14-37(40)25-42(41)47(59(33)30-45(53)54)43-21-20-39(28-55-43)66-23-13-9-7-6-8-12-22-65-31-46(62)58-49(52(3,4)5)51(64)60-29-38(61)26-44(60)50(63)56-27-35-16-18-36(19-17-35)48-34(2)57-32-67-48/h10-11,14-21,28,32-33,38,44-45,47,49,61H,6-9,12-13,22-27,29-31H2,1-5H3,(H,56,63)(H,58,62)/t33-,38-,44+,47+,49-/m1/s1. The number of unbranched alkanes of at least 4 members (excludes halogenated alkanes) is 5. The Bertz CT molecular complexity index is 2330. The number of alkyl halides is 2. The van der Waals surface area contributed by atoms with Gasteiger partial charge in [0.2, 0.25) is 17.7 Å². The number of β-amino-alcohol motifs (C(OH)–C–C–N with tert-alkyl or cyclic N) is 1. The van der Waals surface area contributed by atoms with Crippen molar-refractivity contribution >= 4 is 34.6 Å². The minimum Gasteiger partial charge on any atom is -0.492 e. The molecule has 4 heterocycles. The van der Waals surface area contributed by atoms with Gasteiger partial charge in [0.25, 0.3) is 6.43 Å². The van der Waals surface area contributed by atoms with Gasteiger partial charge in [-0.15, -0.1) is 11.3 Å². The van der Waals surface area contributed by atoms with Crippen molar-refractivity contribution in [2.45, 2.75) is 136 Å². The molecule has 4 aromatic rings. The molecule has 2 aliphatic heterocycles. The zero-order valence-electron chi connectivity index (χ0n) is 39.4. The van der Waals surface area contributed by atoms with E-state index in [1.165, 1.54) is 27.2 Å². The van der Waals surface area contributed by atoms with Gasteiger partial charge < -0.3 is 30.1 Å². The number of benzene rings is 2. The number of amides is 3. The summed E-state index contributed by atoms with van der Waals surface area (Å²) >= 11 is 1.58. The maximum absolute atomic E-state index is 14.0. The van der Waals surface area contributed by atoms with E-state index >= 15 is 0 Å². The van der Waals surface area contributed by atoms with Crippen molar-refractivity contribution < 1.29 is 37.7 Å². The number of aliphatic hydroxyl groups is 1. The van der Waals surface area contributed by atoms with Crippen molar-refractivity contribution in [3.8, 4) is 16.2 Å². The molecule has 3 amide bonds. The molecule has 0 saturated carbocycles. The molecule has 2 aromatic carbocycles. The van der Waals surface area contributed by atoms with Gasteiger partial charge in [0.15, 0.2) is 0 Å². The zero-order valence-corrected chi connectivity index (χ0v) is 40.3. The van der Waals surface area contributed by atoms with Gasteiger partial charge in [-0.05, 0) is 90.5 Å². The van der Waals surface area contributed by atoms with E-state index in [9.17, 15) is 28.3 Å². The average Bonchev–Trinajstić information content (AvgIpc) is 4.02. The van der Waals surface area contributed by atoms with Crippen LogP contribution in [-0.2, 0) is 32.1 Å². The Labute approximate surface area is 397 Å². The van der Waals surface area contributed by atoms with E-state index in [1.807, 2.05) is 93.6 Å². The summed E-state index contributed by atoms with van der Waals surface area (Å²) in [6, 6.07) is 17.9. The van der Waals surface area contributed by atoms with Crippen LogP contribution in [0.1, 0.15) is 113 Å². The number of aliphatic hydroxyl groups excluding tert-OH is 1. The molecule has 0 spiro atoms. The first-order valence-electron chi connectivity index (χ1n) is 23.7. The smallest absolute Gasteiger partial charge is 0.251 e. The summed E-state index contributed by atoms with van der Waals surface area (Å²) in [5.74, 6) is -0.530. The van der Waals surface area contributed by atoms with Crippen LogP contribution in [0.15, 0.2) is 77.9 Å². The van der Waals surface area contributed by atoms with Crippen LogP contribution >= 0.6 is 11.3 Å². The van der Waals surface area contributed by atoms with Crippen molar-refractivity contribution in [1.82, 2.24) is 30.4 Å². The number of likely N-dealkylation sites (tertiary alicyclic amines) is 1. The number of pyridine rings is 1. The Hall–Kier alpha value is -5.09. The normalized spacial score (nSPS) is 19.9. The summed E-state index contributed by atoms with van der Waals surface area (Å²) in [5.41, 5.74) is 9.76. The fraction of sp³-hybridized carbons (Fsp3) is 0.519. The van der Waals surface area contributed by atoms with Crippen molar-refractivity contribution in [3.63, 3.8) is 0 Å². The number of nitrogens with one attached hydrogen (secondary N) is 2. The minimum atomic E-state index is -2.43. The number of nitrogens with zero attached hydrogens (tertiary/aromatic N) is 4. The number of thiazole rings is 1. The van der Waals surface area contributed by atoms with E-state index in [-0.39, 0.29) is 50.7 Å².